The topological polar surface area (TPSA) is 3.24 Å². The summed E-state index contributed by atoms with van der Waals surface area (Å²) in [4.78, 5) is 0. The Morgan fingerprint density at radius 2 is 1.64 bits per heavy atom. The average Bonchev–Trinajstić information content (AvgIpc) is 2.19. The van der Waals surface area contributed by atoms with Crippen LogP contribution in [0.4, 0.5) is 8.78 Å². The van der Waals surface area contributed by atoms with Crippen LogP contribution in [0, 0.1) is 0 Å². The zero-order valence-electron chi connectivity index (χ0n) is 6.06. The summed E-state index contributed by atoms with van der Waals surface area (Å²) < 4.78 is 27.9. The molecule has 2 aliphatic rings. The maximum Gasteiger partial charge on any atom is 0.251 e. The normalized spacial score (nSPS) is 42.8. The summed E-state index contributed by atoms with van der Waals surface area (Å²) in [6.45, 7) is 0. The number of hydrogen-bond acceptors (Lipinski definition) is 1. The van der Waals surface area contributed by atoms with Crippen LogP contribution in [0.2, 0.25) is 0 Å². The van der Waals surface area contributed by atoms with Gasteiger partial charge in [-0.15, -0.1) is 0 Å². The summed E-state index contributed by atoms with van der Waals surface area (Å²) in [6.07, 6.45) is 2.07. The molecule has 0 aromatic heterocycles. The molecule has 4 heteroatoms. The molecule has 0 spiro atoms. The van der Waals surface area contributed by atoms with E-state index in [1.54, 1.807) is 0 Å². The number of piperidine rings is 1. The van der Waals surface area contributed by atoms with E-state index in [1.165, 1.54) is 0 Å². The van der Waals surface area contributed by atoms with Gasteiger partial charge >= 0.3 is 0 Å². The summed E-state index contributed by atoms with van der Waals surface area (Å²) in [7, 11) is 0. The molecule has 2 rings (SSSR count). The van der Waals surface area contributed by atoms with E-state index in [-0.39, 0.29) is 24.9 Å². The predicted octanol–water partition coefficient (Wildman–Crippen LogP) is 2.60. The van der Waals surface area contributed by atoms with Gasteiger partial charge in [0, 0.05) is 47.8 Å². The minimum absolute atomic E-state index is 0.0758. The average molecular weight is 273 g/mol. The first kappa shape index (κ1) is 8.16. The monoisotopic (exact) mass is 273 g/mol. The smallest absolute Gasteiger partial charge is 0.241 e. The van der Waals surface area contributed by atoms with Crippen molar-refractivity contribution in [1.29, 1.82) is 0 Å². The number of fused-ring (bicyclic) bond motifs is 2. The molecule has 0 radical (unpaired) electrons. The Hall–Kier alpha value is 0.550. The highest BCUT2D eigenvalue weighted by atomic mass is 127. The molecule has 0 amide bonds. The standard InChI is InChI=1S/C7H10F2IN/c8-7(9)3-5-1-2-6(4-7)11(5)10/h5-6H,1-4H2. The van der Waals surface area contributed by atoms with Gasteiger partial charge in [-0.25, -0.2) is 11.9 Å². The molecular formula is C7H10F2IN. The molecule has 0 aromatic rings. The van der Waals surface area contributed by atoms with Crippen LogP contribution in [0.25, 0.3) is 0 Å². The summed E-state index contributed by atoms with van der Waals surface area (Å²) in [5.41, 5.74) is 0. The minimum Gasteiger partial charge on any atom is -0.241 e. The molecule has 0 aromatic carbocycles. The molecule has 2 aliphatic heterocycles. The number of halogens is 3. The van der Waals surface area contributed by atoms with E-state index in [0.717, 1.165) is 12.8 Å². The van der Waals surface area contributed by atoms with E-state index in [9.17, 15) is 8.78 Å². The van der Waals surface area contributed by atoms with Crippen LogP contribution < -0.4 is 0 Å². The third-order valence-electron chi connectivity index (χ3n) is 2.60. The lowest BCUT2D eigenvalue weighted by molar-refractivity contribution is -0.0578. The van der Waals surface area contributed by atoms with Gasteiger partial charge in [0.15, 0.2) is 0 Å². The van der Waals surface area contributed by atoms with E-state index in [0.29, 0.717) is 0 Å². The highest BCUT2D eigenvalue weighted by Crippen LogP contribution is 2.44. The third kappa shape index (κ3) is 1.39. The second-order valence-electron chi connectivity index (χ2n) is 3.49. The zero-order valence-corrected chi connectivity index (χ0v) is 8.22. The highest BCUT2D eigenvalue weighted by Gasteiger charge is 2.48. The molecule has 2 bridgehead atoms. The highest BCUT2D eigenvalue weighted by molar-refractivity contribution is 14.1. The fourth-order valence-corrected chi connectivity index (χ4v) is 3.03. The van der Waals surface area contributed by atoms with Crippen LogP contribution >= 0.6 is 22.9 Å². The lowest BCUT2D eigenvalue weighted by atomic mass is 10.0. The zero-order chi connectivity index (χ0) is 8.06. The van der Waals surface area contributed by atoms with Gasteiger partial charge in [0.25, 0.3) is 5.92 Å². The quantitative estimate of drug-likeness (QED) is 0.484. The molecule has 2 heterocycles. The van der Waals surface area contributed by atoms with Crippen LogP contribution in [-0.4, -0.2) is 21.1 Å². The van der Waals surface area contributed by atoms with Crippen molar-refractivity contribution in [3.8, 4) is 0 Å². The van der Waals surface area contributed by atoms with Gasteiger partial charge in [-0.05, 0) is 12.8 Å². The first-order valence-corrected chi connectivity index (χ1v) is 4.87. The minimum atomic E-state index is -2.38. The number of rotatable bonds is 0. The van der Waals surface area contributed by atoms with Crippen LogP contribution in [0.15, 0.2) is 0 Å². The van der Waals surface area contributed by atoms with Gasteiger partial charge in [-0.1, -0.05) is 0 Å². The van der Waals surface area contributed by atoms with Crippen molar-refractivity contribution in [2.75, 3.05) is 0 Å². The largest absolute Gasteiger partial charge is 0.251 e. The maximum absolute atomic E-state index is 12.9. The number of hydrogen-bond donors (Lipinski definition) is 0. The number of alkyl halides is 2. The Balaban J connectivity index is 2.14. The molecule has 2 saturated heterocycles. The SMILES string of the molecule is FC1(F)CC2CCC(C1)N2I. The van der Waals surface area contributed by atoms with Crippen molar-refractivity contribution in [1.82, 2.24) is 3.11 Å². The van der Waals surface area contributed by atoms with Crippen molar-refractivity contribution in [2.24, 2.45) is 0 Å². The molecule has 11 heavy (non-hydrogen) atoms. The molecular weight excluding hydrogens is 263 g/mol. The van der Waals surface area contributed by atoms with Crippen molar-refractivity contribution < 1.29 is 8.78 Å². The van der Waals surface area contributed by atoms with Crippen LogP contribution in [-0.2, 0) is 0 Å². The third-order valence-corrected chi connectivity index (χ3v) is 4.17. The Morgan fingerprint density at radius 1 is 1.18 bits per heavy atom. The van der Waals surface area contributed by atoms with E-state index in [4.69, 9.17) is 0 Å². The predicted molar refractivity (Wildman–Crippen MR) is 46.9 cm³/mol. The summed E-state index contributed by atoms with van der Waals surface area (Å²) in [5, 5.41) is 0. The lowest BCUT2D eigenvalue weighted by Crippen LogP contribution is -2.41. The van der Waals surface area contributed by atoms with Gasteiger partial charge in [0.2, 0.25) is 0 Å². The molecule has 2 atom stereocenters. The maximum atomic E-state index is 12.9. The molecule has 64 valence electrons. The lowest BCUT2D eigenvalue weighted by Gasteiger charge is -2.34. The Bertz CT molecular complexity index is 158. The second-order valence-corrected chi connectivity index (χ2v) is 4.61. The molecule has 1 nitrogen and oxygen atoms in total. The van der Waals surface area contributed by atoms with Gasteiger partial charge < -0.3 is 0 Å². The Labute approximate surface area is 78.6 Å². The molecule has 2 fully saturated rings. The van der Waals surface area contributed by atoms with E-state index < -0.39 is 5.92 Å². The summed E-state index contributed by atoms with van der Waals surface area (Å²) >= 11 is 2.19. The van der Waals surface area contributed by atoms with Crippen molar-refractivity contribution in [2.45, 2.75) is 43.7 Å². The van der Waals surface area contributed by atoms with Crippen molar-refractivity contribution in [3.63, 3.8) is 0 Å². The molecule has 0 N–H and O–H groups in total. The molecule has 0 saturated carbocycles. The van der Waals surface area contributed by atoms with Crippen molar-refractivity contribution >= 4 is 22.9 Å². The Morgan fingerprint density at radius 3 is 2.09 bits per heavy atom. The fraction of sp³-hybridized carbons (Fsp3) is 1.00. The van der Waals surface area contributed by atoms with Crippen LogP contribution in [0.5, 0.6) is 0 Å². The van der Waals surface area contributed by atoms with E-state index in [1.807, 2.05) is 0 Å². The van der Waals surface area contributed by atoms with Crippen molar-refractivity contribution in [3.05, 3.63) is 0 Å². The number of nitrogens with zero attached hydrogens (tertiary/aromatic N) is 1. The first-order valence-electron chi connectivity index (χ1n) is 3.90. The van der Waals surface area contributed by atoms with E-state index >= 15 is 0 Å². The molecule has 0 aliphatic carbocycles. The fourth-order valence-electron chi connectivity index (χ4n) is 2.08. The first-order chi connectivity index (χ1) is 5.08. The summed E-state index contributed by atoms with van der Waals surface area (Å²) in [5.74, 6) is -2.38. The molecule has 2 unspecified atom stereocenters. The van der Waals surface area contributed by atoms with Gasteiger partial charge in [-0.2, -0.15) is 0 Å². The van der Waals surface area contributed by atoms with E-state index in [2.05, 4.69) is 26.0 Å². The second kappa shape index (κ2) is 2.52. The van der Waals surface area contributed by atoms with Gasteiger partial charge in [0.1, 0.15) is 0 Å². The van der Waals surface area contributed by atoms with Crippen LogP contribution in [0.3, 0.4) is 0 Å². The van der Waals surface area contributed by atoms with Gasteiger partial charge in [-0.3, -0.25) is 0 Å². The summed E-state index contributed by atoms with van der Waals surface area (Å²) in [6, 6.07) is 0.286. The van der Waals surface area contributed by atoms with Gasteiger partial charge in [0.05, 0.1) is 0 Å². The Kier molecular flexibility index (Phi) is 1.87. The van der Waals surface area contributed by atoms with Crippen LogP contribution in [0.1, 0.15) is 25.7 Å².